The van der Waals surface area contributed by atoms with Crippen molar-refractivity contribution in [3.05, 3.63) is 36.4 Å². The number of anilines is 1. The Morgan fingerprint density at radius 1 is 1.35 bits per heavy atom. The van der Waals surface area contributed by atoms with Gasteiger partial charge in [0.15, 0.2) is 5.75 Å². The number of nitrogens with one attached hydrogen (secondary N) is 1. The summed E-state index contributed by atoms with van der Waals surface area (Å²) in [5, 5.41) is 4.07. The summed E-state index contributed by atoms with van der Waals surface area (Å²) in [5.74, 6) is -1.17. The largest absolute Gasteiger partial charge is 0.491 e. The summed E-state index contributed by atoms with van der Waals surface area (Å²) in [6.07, 6.45) is 0.135. The Labute approximate surface area is 132 Å². The molecule has 7 nitrogen and oxygen atoms in total. The zero-order chi connectivity index (χ0) is 16.4. The van der Waals surface area contributed by atoms with E-state index in [1.807, 2.05) is 18.2 Å². The van der Waals surface area contributed by atoms with Gasteiger partial charge in [0.05, 0.1) is 6.61 Å². The van der Waals surface area contributed by atoms with Gasteiger partial charge in [0.1, 0.15) is 18.5 Å². The lowest BCUT2D eigenvalue weighted by Gasteiger charge is -2.10. The van der Waals surface area contributed by atoms with Crippen LogP contribution in [-0.4, -0.2) is 43.9 Å². The zero-order valence-electron chi connectivity index (χ0n) is 12.1. The van der Waals surface area contributed by atoms with Crippen LogP contribution in [0.25, 0.3) is 10.8 Å². The summed E-state index contributed by atoms with van der Waals surface area (Å²) in [4.78, 5) is 11.7. The van der Waals surface area contributed by atoms with Crippen molar-refractivity contribution in [2.24, 2.45) is 0 Å². The van der Waals surface area contributed by atoms with Gasteiger partial charge in [0, 0.05) is 11.1 Å². The minimum atomic E-state index is -4.37. The van der Waals surface area contributed by atoms with Gasteiger partial charge >= 0.3 is 0 Å². The normalized spacial score (nSPS) is 17.0. The second-order valence-electron chi connectivity index (χ2n) is 5.23. The lowest BCUT2D eigenvalue weighted by Crippen LogP contribution is -2.22. The fourth-order valence-corrected chi connectivity index (χ4v) is 2.56. The molecule has 0 spiro atoms. The molecule has 1 fully saturated rings. The van der Waals surface area contributed by atoms with E-state index in [9.17, 15) is 13.2 Å². The summed E-state index contributed by atoms with van der Waals surface area (Å²) in [6.45, 7) is 1.16. The molecule has 0 aromatic heterocycles. The minimum Gasteiger partial charge on any atom is -0.491 e. The van der Waals surface area contributed by atoms with E-state index in [0.29, 0.717) is 30.0 Å². The summed E-state index contributed by atoms with van der Waals surface area (Å²) in [6, 6.07) is 10.7. The Morgan fingerprint density at radius 3 is 2.83 bits per heavy atom. The summed E-state index contributed by atoms with van der Waals surface area (Å²) < 4.78 is 40.9. The Bertz CT molecular complexity index is 844. The van der Waals surface area contributed by atoms with Crippen molar-refractivity contribution in [3.8, 4) is 5.75 Å². The molecule has 1 aliphatic heterocycles. The molecule has 1 unspecified atom stereocenters. The number of carbonyl (C=O) groups excluding carboxylic acids is 1. The first-order valence-electron chi connectivity index (χ1n) is 6.93. The smallest absolute Gasteiger partial charge is 0.274 e. The van der Waals surface area contributed by atoms with E-state index in [-0.39, 0.29) is 6.10 Å². The van der Waals surface area contributed by atoms with E-state index in [1.54, 1.807) is 18.2 Å². The van der Waals surface area contributed by atoms with E-state index in [4.69, 9.17) is 14.0 Å². The topological polar surface area (TPSA) is 105 Å². The number of fused-ring (bicyclic) bond motifs is 1. The Balaban J connectivity index is 1.83. The number of epoxide rings is 1. The van der Waals surface area contributed by atoms with E-state index >= 15 is 0 Å². The number of benzene rings is 2. The van der Waals surface area contributed by atoms with Crippen molar-refractivity contribution >= 4 is 32.5 Å². The standard InChI is InChI=1S/C15H15NO6S/c17-15(9-23(18,19)20)16-14-3-1-2-10-4-5-11(6-13(10)14)21-7-12-8-22-12/h1-6,12H,7-9H2,(H,16,17)(H,18,19,20). The molecule has 1 aliphatic rings. The van der Waals surface area contributed by atoms with Crippen LogP contribution in [-0.2, 0) is 19.6 Å². The summed E-state index contributed by atoms with van der Waals surface area (Å²) >= 11 is 0. The highest BCUT2D eigenvalue weighted by Crippen LogP contribution is 2.28. The molecule has 2 N–H and O–H groups in total. The number of amides is 1. The van der Waals surface area contributed by atoms with Crippen LogP contribution in [0.3, 0.4) is 0 Å². The number of carbonyl (C=O) groups is 1. The second kappa shape index (κ2) is 6.15. The fraction of sp³-hybridized carbons (Fsp3) is 0.267. The minimum absolute atomic E-state index is 0.135. The van der Waals surface area contributed by atoms with Crippen molar-refractivity contribution in [1.29, 1.82) is 0 Å². The molecule has 0 aliphatic carbocycles. The summed E-state index contributed by atoms with van der Waals surface area (Å²) in [7, 11) is -4.37. The number of hydrogen-bond donors (Lipinski definition) is 2. The summed E-state index contributed by atoms with van der Waals surface area (Å²) in [5.41, 5.74) is 0.448. The Kier molecular flexibility index (Phi) is 4.20. The fourth-order valence-electron chi connectivity index (χ4n) is 2.16. The van der Waals surface area contributed by atoms with Gasteiger partial charge in [-0.25, -0.2) is 0 Å². The molecule has 0 radical (unpaired) electrons. The van der Waals surface area contributed by atoms with Crippen molar-refractivity contribution in [1.82, 2.24) is 0 Å². The van der Waals surface area contributed by atoms with Gasteiger partial charge in [-0.2, -0.15) is 8.42 Å². The third-order valence-corrected chi connectivity index (χ3v) is 3.91. The van der Waals surface area contributed by atoms with Gasteiger partial charge < -0.3 is 14.8 Å². The van der Waals surface area contributed by atoms with Crippen LogP contribution >= 0.6 is 0 Å². The van der Waals surface area contributed by atoms with Crippen LogP contribution in [0.5, 0.6) is 5.75 Å². The van der Waals surface area contributed by atoms with Gasteiger partial charge in [0.25, 0.3) is 10.1 Å². The molecule has 0 bridgehead atoms. The van der Waals surface area contributed by atoms with Crippen LogP contribution in [0.15, 0.2) is 36.4 Å². The first-order chi connectivity index (χ1) is 10.9. The zero-order valence-corrected chi connectivity index (χ0v) is 12.9. The van der Waals surface area contributed by atoms with Gasteiger partial charge in [0.2, 0.25) is 5.91 Å². The van der Waals surface area contributed by atoms with Gasteiger partial charge in [-0.3, -0.25) is 9.35 Å². The predicted octanol–water partition coefficient (Wildman–Crippen LogP) is 1.44. The van der Waals surface area contributed by atoms with Crippen LogP contribution in [0.4, 0.5) is 5.69 Å². The molecule has 3 rings (SSSR count). The molecule has 1 heterocycles. The molecule has 1 amide bonds. The molecule has 8 heteroatoms. The molecule has 2 aromatic carbocycles. The first-order valence-corrected chi connectivity index (χ1v) is 8.54. The maximum Gasteiger partial charge on any atom is 0.274 e. The maximum atomic E-state index is 11.7. The third kappa shape index (κ3) is 4.41. The van der Waals surface area contributed by atoms with Crippen molar-refractivity contribution < 1.29 is 27.2 Å². The molecule has 1 saturated heterocycles. The highest BCUT2D eigenvalue weighted by Gasteiger charge is 2.23. The molecular weight excluding hydrogens is 322 g/mol. The monoisotopic (exact) mass is 337 g/mol. The van der Waals surface area contributed by atoms with Crippen molar-refractivity contribution in [2.75, 3.05) is 24.3 Å². The predicted molar refractivity (Wildman–Crippen MR) is 84.2 cm³/mol. The Morgan fingerprint density at radius 2 is 2.13 bits per heavy atom. The van der Waals surface area contributed by atoms with Gasteiger partial charge in [-0.15, -0.1) is 0 Å². The number of ether oxygens (including phenoxy) is 2. The maximum absolute atomic E-state index is 11.7. The van der Waals surface area contributed by atoms with Crippen LogP contribution < -0.4 is 10.1 Å². The van der Waals surface area contributed by atoms with E-state index in [2.05, 4.69) is 5.32 Å². The van der Waals surface area contributed by atoms with E-state index < -0.39 is 21.8 Å². The van der Waals surface area contributed by atoms with E-state index in [0.717, 1.165) is 5.39 Å². The molecule has 0 saturated carbocycles. The lowest BCUT2D eigenvalue weighted by molar-refractivity contribution is -0.113. The average Bonchev–Trinajstić information content (AvgIpc) is 3.27. The first kappa shape index (κ1) is 15.7. The van der Waals surface area contributed by atoms with E-state index in [1.165, 1.54) is 0 Å². The second-order valence-corrected chi connectivity index (χ2v) is 6.68. The van der Waals surface area contributed by atoms with Crippen molar-refractivity contribution in [3.63, 3.8) is 0 Å². The molecule has 1 atom stereocenters. The van der Waals surface area contributed by atoms with Crippen LogP contribution in [0.2, 0.25) is 0 Å². The Hall–Kier alpha value is -2.16. The number of rotatable bonds is 6. The third-order valence-electron chi connectivity index (χ3n) is 3.28. The molecule has 2 aromatic rings. The van der Waals surface area contributed by atoms with Gasteiger partial charge in [-0.05, 0) is 23.6 Å². The molecule has 122 valence electrons. The SMILES string of the molecule is O=C(CS(=O)(=O)O)Nc1cccc2ccc(OCC3CO3)cc12. The molecular formula is C15H15NO6S. The highest BCUT2D eigenvalue weighted by molar-refractivity contribution is 7.86. The van der Waals surface area contributed by atoms with Crippen molar-refractivity contribution in [2.45, 2.75) is 6.10 Å². The van der Waals surface area contributed by atoms with Crippen LogP contribution in [0, 0.1) is 0 Å². The average molecular weight is 337 g/mol. The van der Waals surface area contributed by atoms with Gasteiger partial charge in [-0.1, -0.05) is 18.2 Å². The number of hydrogen-bond acceptors (Lipinski definition) is 5. The quantitative estimate of drug-likeness (QED) is 0.610. The lowest BCUT2D eigenvalue weighted by atomic mass is 10.1. The molecule has 23 heavy (non-hydrogen) atoms. The van der Waals surface area contributed by atoms with Crippen LogP contribution in [0.1, 0.15) is 0 Å². The highest BCUT2D eigenvalue weighted by atomic mass is 32.2.